The van der Waals surface area contributed by atoms with Crippen molar-refractivity contribution in [2.45, 2.75) is 24.7 Å². The van der Waals surface area contributed by atoms with Gasteiger partial charge in [-0.15, -0.1) is 11.8 Å². The maximum absolute atomic E-state index is 11.4. The van der Waals surface area contributed by atoms with Crippen molar-refractivity contribution < 1.29 is 8.42 Å². The molecule has 0 spiro atoms. The van der Waals surface area contributed by atoms with Crippen LogP contribution in [0.2, 0.25) is 0 Å². The van der Waals surface area contributed by atoms with Gasteiger partial charge in [0.15, 0.2) is 0 Å². The molecule has 1 N–H and O–H groups in total. The average Bonchev–Trinajstić information content (AvgIpc) is 2.29. The van der Waals surface area contributed by atoms with E-state index in [-0.39, 0.29) is 5.75 Å². The molecule has 96 valence electrons. The third-order valence-corrected chi connectivity index (χ3v) is 4.70. The molecule has 0 fully saturated rings. The SMILES string of the molecule is CCCS(=O)(=O)NCCc1ccc(SC)cc1. The lowest BCUT2D eigenvalue weighted by Crippen LogP contribution is -2.28. The van der Waals surface area contributed by atoms with Crippen LogP contribution in [-0.2, 0) is 16.4 Å². The van der Waals surface area contributed by atoms with Crippen LogP contribution in [0, 0.1) is 0 Å². The minimum atomic E-state index is -3.07. The summed E-state index contributed by atoms with van der Waals surface area (Å²) < 4.78 is 25.4. The summed E-state index contributed by atoms with van der Waals surface area (Å²) in [6.07, 6.45) is 3.42. The summed E-state index contributed by atoms with van der Waals surface area (Å²) in [5.74, 6) is 0.207. The molecule has 0 unspecified atom stereocenters. The molecule has 0 heterocycles. The Balaban J connectivity index is 2.40. The highest BCUT2D eigenvalue weighted by molar-refractivity contribution is 7.98. The van der Waals surface area contributed by atoms with Crippen molar-refractivity contribution in [1.29, 1.82) is 0 Å². The Labute approximate surface area is 108 Å². The van der Waals surface area contributed by atoms with Crippen molar-refractivity contribution in [2.24, 2.45) is 0 Å². The molecule has 0 saturated carbocycles. The molecule has 0 atom stereocenters. The highest BCUT2D eigenvalue weighted by Gasteiger charge is 2.06. The molecule has 1 aromatic carbocycles. The largest absolute Gasteiger partial charge is 0.215 e. The van der Waals surface area contributed by atoms with Gasteiger partial charge in [-0.2, -0.15) is 0 Å². The molecule has 0 bridgehead atoms. The van der Waals surface area contributed by atoms with Crippen molar-refractivity contribution in [3.8, 4) is 0 Å². The van der Waals surface area contributed by atoms with E-state index in [2.05, 4.69) is 16.9 Å². The summed E-state index contributed by atoms with van der Waals surface area (Å²) >= 11 is 1.70. The highest BCUT2D eigenvalue weighted by atomic mass is 32.2. The van der Waals surface area contributed by atoms with Gasteiger partial charge in [0, 0.05) is 11.4 Å². The quantitative estimate of drug-likeness (QED) is 0.775. The van der Waals surface area contributed by atoms with Gasteiger partial charge in [-0.05, 0) is 36.8 Å². The molecule has 3 nitrogen and oxygen atoms in total. The molecule has 0 radical (unpaired) electrons. The van der Waals surface area contributed by atoms with Crippen molar-refractivity contribution in [3.63, 3.8) is 0 Å². The standard InChI is InChI=1S/C12H19NO2S2/c1-3-10-17(14,15)13-9-8-11-4-6-12(16-2)7-5-11/h4-7,13H,3,8-10H2,1-2H3. The molecule has 5 heteroatoms. The Hall–Kier alpha value is -0.520. The molecule has 17 heavy (non-hydrogen) atoms. The minimum absolute atomic E-state index is 0.207. The number of hydrogen-bond acceptors (Lipinski definition) is 3. The fraction of sp³-hybridized carbons (Fsp3) is 0.500. The number of thioether (sulfide) groups is 1. The van der Waals surface area contributed by atoms with Crippen LogP contribution in [0.5, 0.6) is 0 Å². The van der Waals surface area contributed by atoms with Gasteiger partial charge in [0.05, 0.1) is 5.75 Å². The highest BCUT2D eigenvalue weighted by Crippen LogP contribution is 2.14. The number of sulfonamides is 1. The molecule has 0 saturated heterocycles. The third-order valence-electron chi connectivity index (χ3n) is 2.37. The normalized spacial score (nSPS) is 11.6. The van der Waals surface area contributed by atoms with E-state index in [9.17, 15) is 8.42 Å². The van der Waals surface area contributed by atoms with Crippen molar-refractivity contribution in [1.82, 2.24) is 4.72 Å². The van der Waals surface area contributed by atoms with Crippen molar-refractivity contribution in [2.75, 3.05) is 18.6 Å². The molecule has 0 aromatic heterocycles. The molecule has 1 aromatic rings. The van der Waals surface area contributed by atoms with E-state index in [4.69, 9.17) is 0 Å². The zero-order valence-electron chi connectivity index (χ0n) is 10.3. The number of nitrogens with one attached hydrogen (secondary N) is 1. The van der Waals surface area contributed by atoms with Crippen molar-refractivity contribution in [3.05, 3.63) is 29.8 Å². The summed E-state index contributed by atoms with van der Waals surface area (Å²) in [6, 6.07) is 8.20. The second-order valence-electron chi connectivity index (χ2n) is 3.81. The molecular formula is C12H19NO2S2. The first-order valence-electron chi connectivity index (χ1n) is 5.67. The van der Waals surface area contributed by atoms with Gasteiger partial charge in [0.1, 0.15) is 0 Å². The summed E-state index contributed by atoms with van der Waals surface area (Å²) in [6.45, 7) is 2.33. The molecule has 0 aliphatic carbocycles. The smallest absolute Gasteiger partial charge is 0.211 e. The Morgan fingerprint density at radius 3 is 2.41 bits per heavy atom. The Kier molecular flexibility index (Phi) is 6.02. The number of hydrogen-bond donors (Lipinski definition) is 1. The fourth-order valence-electron chi connectivity index (χ4n) is 1.48. The van der Waals surface area contributed by atoms with Gasteiger partial charge in [-0.3, -0.25) is 0 Å². The third kappa shape index (κ3) is 5.57. The van der Waals surface area contributed by atoms with Gasteiger partial charge >= 0.3 is 0 Å². The van der Waals surface area contributed by atoms with Crippen LogP contribution in [0.25, 0.3) is 0 Å². The summed E-state index contributed by atoms with van der Waals surface area (Å²) in [5.41, 5.74) is 1.15. The van der Waals surface area contributed by atoms with E-state index in [1.54, 1.807) is 11.8 Å². The number of rotatable bonds is 7. The molecule has 0 amide bonds. The van der Waals surface area contributed by atoms with E-state index in [0.29, 0.717) is 13.0 Å². The van der Waals surface area contributed by atoms with Crippen LogP contribution in [0.1, 0.15) is 18.9 Å². The lowest BCUT2D eigenvalue weighted by atomic mass is 10.2. The van der Waals surface area contributed by atoms with E-state index in [1.807, 2.05) is 25.3 Å². The summed E-state index contributed by atoms with van der Waals surface area (Å²) in [5, 5.41) is 0. The Morgan fingerprint density at radius 2 is 1.88 bits per heavy atom. The van der Waals surface area contributed by atoms with Crippen LogP contribution in [0.15, 0.2) is 29.2 Å². The first-order valence-corrected chi connectivity index (χ1v) is 8.55. The lowest BCUT2D eigenvalue weighted by Gasteiger charge is -2.06. The van der Waals surface area contributed by atoms with E-state index in [0.717, 1.165) is 12.0 Å². The lowest BCUT2D eigenvalue weighted by molar-refractivity contribution is 0.580. The Morgan fingerprint density at radius 1 is 1.24 bits per heavy atom. The van der Waals surface area contributed by atoms with Gasteiger partial charge in [-0.1, -0.05) is 19.1 Å². The van der Waals surface area contributed by atoms with Crippen LogP contribution >= 0.6 is 11.8 Å². The molecular weight excluding hydrogens is 254 g/mol. The predicted octanol–water partition coefficient (Wildman–Crippen LogP) is 2.28. The first kappa shape index (κ1) is 14.5. The topological polar surface area (TPSA) is 46.2 Å². The van der Waals surface area contributed by atoms with E-state index in [1.165, 1.54) is 4.90 Å². The fourth-order valence-corrected chi connectivity index (χ4v) is 2.99. The monoisotopic (exact) mass is 273 g/mol. The second kappa shape index (κ2) is 7.03. The van der Waals surface area contributed by atoms with E-state index < -0.39 is 10.0 Å². The second-order valence-corrected chi connectivity index (χ2v) is 6.62. The maximum atomic E-state index is 11.4. The minimum Gasteiger partial charge on any atom is -0.215 e. The first-order chi connectivity index (χ1) is 8.07. The van der Waals surface area contributed by atoms with Crippen LogP contribution in [0.3, 0.4) is 0 Å². The zero-order valence-corrected chi connectivity index (χ0v) is 11.9. The number of benzene rings is 1. The van der Waals surface area contributed by atoms with Crippen LogP contribution in [-0.4, -0.2) is 27.0 Å². The average molecular weight is 273 g/mol. The van der Waals surface area contributed by atoms with Gasteiger partial charge in [0.2, 0.25) is 10.0 Å². The summed E-state index contributed by atoms with van der Waals surface area (Å²) in [7, 11) is -3.07. The van der Waals surface area contributed by atoms with Crippen LogP contribution in [0.4, 0.5) is 0 Å². The molecule has 1 rings (SSSR count). The van der Waals surface area contributed by atoms with Gasteiger partial charge < -0.3 is 0 Å². The summed E-state index contributed by atoms with van der Waals surface area (Å²) in [4.78, 5) is 1.22. The van der Waals surface area contributed by atoms with Crippen molar-refractivity contribution >= 4 is 21.8 Å². The molecule has 0 aliphatic heterocycles. The van der Waals surface area contributed by atoms with Crippen LogP contribution < -0.4 is 4.72 Å². The maximum Gasteiger partial charge on any atom is 0.211 e. The zero-order chi connectivity index (χ0) is 12.7. The molecule has 0 aliphatic rings. The predicted molar refractivity (Wildman–Crippen MR) is 74.0 cm³/mol. The van der Waals surface area contributed by atoms with Gasteiger partial charge in [0.25, 0.3) is 0 Å². The van der Waals surface area contributed by atoms with Gasteiger partial charge in [-0.25, -0.2) is 13.1 Å². The van der Waals surface area contributed by atoms with E-state index >= 15 is 0 Å². The Bertz CT molecular complexity index is 426.